The van der Waals surface area contributed by atoms with Crippen LogP contribution in [-0.2, 0) is 12.0 Å². The molecule has 28 heavy (non-hydrogen) atoms. The van der Waals surface area contributed by atoms with Crippen molar-refractivity contribution in [1.29, 1.82) is 0 Å². The number of nitrogens with zero attached hydrogens (tertiary/aromatic N) is 4. The van der Waals surface area contributed by atoms with E-state index < -0.39 is 0 Å². The molecule has 6 heteroatoms. The zero-order chi connectivity index (χ0) is 19.2. The minimum atomic E-state index is 0.225. The molecule has 0 spiro atoms. The standard InChI is InChI=1S/C22H26N6/c1-23-21(26-17-22(10-5-11-22)19-7-3-2-4-8-19)25-16-18-9-13-24-20(15-18)28-14-6-12-27-28/h2-4,6-9,12-15H,5,10-11,16-17H2,1H3,(H2,23,25,26). The van der Waals surface area contributed by atoms with Gasteiger partial charge in [0.05, 0.1) is 0 Å². The molecular formula is C22H26N6. The Hall–Kier alpha value is -3.15. The van der Waals surface area contributed by atoms with Crippen molar-refractivity contribution in [1.82, 2.24) is 25.4 Å². The molecule has 1 saturated carbocycles. The van der Waals surface area contributed by atoms with Gasteiger partial charge in [-0.05, 0) is 42.2 Å². The Morgan fingerprint density at radius 3 is 2.64 bits per heavy atom. The van der Waals surface area contributed by atoms with Crippen molar-refractivity contribution in [2.75, 3.05) is 13.6 Å². The summed E-state index contributed by atoms with van der Waals surface area (Å²) in [6.07, 6.45) is 9.18. The quantitative estimate of drug-likeness (QED) is 0.514. The number of aliphatic imine (C=N–C) groups is 1. The lowest BCUT2D eigenvalue weighted by Crippen LogP contribution is -2.48. The van der Waals surface area contributed by atoms with E-state index in [4.69, 9.17) is 0 Å². The summed E-state index contributed by atoms with van der Waals surface area (Å²) >= 11 is 0. The van der Waals surface area contributed by atoms with Crippen molar-refractivity contribution >= 4 is 5.96 Å². The van der Waals surface area contributed by atoms with Gasteiger partial charge in [-0.15, -0.1) is 0 Å². The van der Waals surface area contributed by atoms with Gasteiger partial charge in [0.2, 0.25) is 0 Å². The van der Waals surface area contributed by atoms with Gasteiger partial charge in [0.15, 0.2) is 11.8 Å². The highest BCUT2D eigenvalue weighted by atomic mass is 15.3. The van der Waals surface area contributed by atoms with E-state index in [1.807, 2.05) is 37.6 Å². The second-order valence-corrected chi connectivity index (χ2v) is 7.25. The summed E-state index contributed by atoms with van der Waals surface area (Å²) in [7, 11) is 1.81. The monoisotopic (exact) mass is 374 g/mol. The molecule has 0 saturated heterocycles. The summed E-state index contributed by atoms with van der Waals surface area (Å²) in [4.78, 5) is 8.77. The molecule has 2 N–H and O–H groups in total. The van der Waals surface area contributed by atoms with Gasteiger partial charge in [0, 0.05) is 44.1 Å². The van der Waals surface area contributed by atoms with Crippen molar-refractivity contribution in [3.63, 3.8) is 0 Å². The Bertz CT molecular complexity index is 913. The first-order valence-corrected chi connectivity index (χ1v) is 9.74. The Balaban J connectivity index is 1.36. The van der Waals surface area contributed by atoms with Crippen LogP contribution in [0.4, 0.5) is 0 Å². The first kappa shape index (κ1) is 18.2. The van der Waals surface area contributed by atoms with E-state index in [2.05, 4.69) is 56.0 Å². The van der Waals surface area contributed by atoms with Gasteiger partial charge in [-0.1, -0.05) is 36.8 Å². The summed E-state index contributed by atoms with van der Waals surface area (Å²) in [5, 5.41) is 11.2. The van der Waals surface area contributed by atoms with Gasteiger partial charge in [-0.2, -0.15) is 5.10 Å². The molecule has 3 aromatic rings. The number of aromatic nitrogens is 3. The Kier molecular flexibility index (Phi) is 5.37. The Morgan fingerprint density at radius 1 is 1.11 bits per heavy atom. The molecule has 0 atom stereocenters. The highest BCUT2D eigenvalue weighted by Crippen LogP contribution is 2.43. The lowest BCUT2D eigenvalue weighted by molar-refractivity contribution is 0.244. The van der Waals surface area contributed by atoms with Crippen molar-refractivity contribution in [3.05, 3.63) is 78.2 Å². The predicted molar refractivity (Wildman–Crippen MR) is 112 cm³/mol. The van der Waals surface area contributed by atoms with E-state index in [9.17, 15) is 0 Å². The number of benzene rings is 1. The molecular weight excluding hydrogens is 348 g/mol. The van der Waals surface area contributed by atoms with Gasteiger partial charge in [0.1, 0.15) is 0 Å². The SMILES string of the molecule is CN=C(NCc1ccnc(-n2cccn2)c1)NCC1(c2ccccc2)CCC1. The first-order valence-electron chi connectivity index (χ1n) is 9.74. The van der Waals surface area contributed by atoms with Crippen molar-refractivity contribution in [3.8, 4) is 5.82 Å². The minimum absolute atomic E-state index is 0.225. The molecule has 1 aliphatic carbocycles. The molecule has 144 valence electrons. The second-order valence-electron chi connectivity index (χ2n) is 7.25. The molecule has 2 heterocycles. The molecule has 1 aliphatic rings. The highest BCUT2D eigenvalue weighted by Gasteiger charge is 2.38. The number of hydrogen-bond acceptors (Lipinski definition) is 3. The zero-order valence-corrected chi connectivity index (χ0v) is 16.2. The smallest absolute Gasteiger partial charge is 0.191 e. The fourth-order valence-corrected chi connectivity index (χ4v) is 3.72. The van der Waals surface area contributed by atoms with Crippen LogP contribution in [-0.4, -0.2) is 34.3 Å². The lowest BCUT2D eigenvalue weighted by Gasteiger charge is -2.43. The van der Waals surface area contributed by atoms with Crippen LogP contribution in [0.5, 0.6) is 0 Å². The van der Waals surface area contributed by atoms with Crippen LogP contribution in [0.1, 0.15) is 30.4 Å². The summed E-state index contributed by atoms with van der Waals surface area (Å²) in [5.74, 6) is 1.63. The van der Waals surface area contributed by atoms with Crippen molar-refractivity contribution in [2.45, 2.75) is 31.2 Å². The minimum Gasteiger partial charge on any atom is -0.356 e. The van der Waals surface area contributed by atoms with Gasteiger partial charge in [0.25, 0.3) is 0 Å². The summed E-state index contributed by atoms with van der Waals surface area (Å²) < 4.78 is 1.76. The van der Waals surface area contributed by atoms with Crippen LogP contribution >= 0.6 is 0 Å². The molecule has 6 nitrogen and oxygen atoms in total. The third-order valence-electron chi connectivity index (χ3n) is 5.52. The van der Waals surface area contributed by atoms with Crippen molar-refractivity contribution in [2.24, 2.45) is 4.99 Å². The summed E-state index contributed by atoms with van der Waals surface area (Å²) in [5.41, 5.74) is 2.77. The van der Waals surface area contributed by atoms with Gasteiger partial charge in [-0.25, -0.2) is 9.67 Å². The molecule has 0 amide bonds. The van der Waals surface area contributed by atoms with Gasteiger partial charge >= 0.3 is 0 Å². The third kappa shape index (κ3) is 3.91. The van der Waals surface area contributed by atoms with Crippen LogP contribution < -0.4 is 10.6 Å². The van der Waals surface area contributed by atoms with E-state index in [1.54, 1.807) is 10.9 Å². The van der Waals surface area contributed by atoms with E-state index in [1.165, 1.54) is 24.8 Å². The van der Waals surface area contributed by atoms with Crippen molar-refractivity contribution < 1.29 is 0 Å². The molecule has 2 aromatic heterocycles. The summed E-state index contributed by atoms with van der Waals surface area (Å²) in [6.45, 7) is 1.57. The lowest BCUT2D eigenvalue weighted by atomic mass is 9.64. The molecule has 0 bridgehead atoms. The van der Waals surface area contributed by atoms with E-state index in [-0.39, 0.29) is 5.41 Å². The normalized spacial score (nSPS) is 15.7. The Labute approximate surface area is 165 Å². The molecule has 4 rings (SSSR count). The number of pyridine rings is 1. The van der Waals surface area contributed by atoms with Gasteiger partial charge in [-0.3, -0.25) is 4.99 Å². The molecule has 1 aromatic carbocycles. The van der Waals surface area contributed by atoms with E-state index >= 15 is 0 Å². The number of nitrogens with one attached hydrogen (secondary N) is 2. The van der Waals surface area contributed by atoms with E-state index in [0.717, 1.165) is 23.9 Å². The van der Waals surface area contributed by atoms with Gasteiger partial charge < -0.3 is 10.6 Å². The topological polar surface area (TPSA) is 67.1 Å². The summed E-state index contributed by atoms with van der Waals surface area (Å²) in [6, 6.07) is 16.7. The maximum atomic E-state index is 4.39. The van der Waals surface area contributed by atoms with Crippen LogP contribution in [0.2, 0.25) is 0 Å². The van der Waals surface area contributed by atoms with Crippen LogP contribution in [0.3, 0.4) is 0 Å². The molecule has 1 fully saturated rings. The largest absolute Gasteiger partial charge is 0.356 e. The van der Waals surface area contributed by atoms with Crippen LogP contribution in [0, 0.1) is 0 Å². The maximum Gasteiger partial charge on any atom is 0.191 e. The Morgan fingerprint density at radius 2 is 1.96 bits per heavy atom. The number of rotatable bonds is 6. The molecule has 0 unspecified atom stereocenters. The average molecular weight is 374 g/mol. The van der Waals surface area contributed by atoms with E-state index in [0.29, 0.717) is 6.54 Å². The first-order chi connectivity index (χ1) is 13.8. The fourth-order valence-electron chi connectivity index (χ4n) is 3.72. The zero-order valence-electron chi connectivity index (χ0n) is 16.2. The number of hydrogen-bond donors (Lipinski definition) is 2. The highest BCUT2D eigenvalue weighted by molar-refractivity contribution is 5.79. The molecule has 0 aliphatic heterocycles. The maximum absolute atomic E-state index is 4.39. The predicted octanol–water partition coefficient (Wildman–Crippen LogP) is 3.05. The van der Waals surface area contributed by atoms with Crippen LogP contribution in [0.25, 0.3) is 5.82 Å². The third-order valence-corrected chi connectivity index (χ3v) is 5.52. The second kappa shape index (κ2) is 8.25. The number of guanidine groups is 1. The average Bonchev–Trinajstić information content (AvgIpc) is 3.25. The fraction of sp³-hybridized carbons (Fsp3) is 0.318. The van der Waals surface area contributed by atoms with Crippen LogP contribution in [0.15, 0.2) is 72.1 Å². The molecule has 0 radical (unpaired) electrons.